The zero-order valence-corrected chi connectivity index (χ0v) is 12.9. The molecule has 0 aromatic carbocycles. The Morgan fingerprint density at radius 3 is 2.00 bits per heavy atom. The van der Waals surface area contributed by atoms with E-state index in [0.29, 0.717) is 6.04 Å². The van der Waals surface area contributed by atoms with Crippen LogP contribution in [0.5, 0.6) is 0 Å². The summed E-state index contributed by atoms with van der Waals surface area (Å²) in [6, 6.07) is 12.8. The third kappa shape index (κ3) is 3.90. The fraction of sp³-hybridized carbons (Fsp3) is 0.444. The molecule has 1 saturated carbocycles. The van der Waals surface area contributed by atoms with E-state index >= 15 is 0 Å². The molecule has 2 N–H and O–H groups in total. The van der Waals surface area contributed by atoms with Crippen molar-refractivity contribution in [2.45, 2.75) is 50.9 Å². The highest BCUT2D eigenvalue weighted by Gasteiger charge is 2.28. The molecule has 1 aliphatic carbocycles. The number of pyridine rings is 2. The van der Waals surface area contributed by atoms with Gasteiger partial charge in [-0.05, 0) is 37.1 Å². The molecule has 2 heterocycles. The molecule has 0 amide bonds. The third-order valence-electron chi connectivity index (χ3n) is 4.43. The predicted octanol–water partition coefficient (Wildman–Crippen LogP) is 2.75. The van der Waals surface area contributed by atoms with Crippen LogP contribution in [0.2, 0.25) is 0 Å². The molecule has 2 aromatic rings. The van der Waals surface area contributed by atoms with E-state index in [9.17, 15) is 0 Å². The average molecular weight is 296 g/mol. The summed E-state index contributed by atoms with van der Waals surface area (Å²) >= 11 is 0. The molecule has 2 aromatic heterocycles. The number of hydrogen-bond acceptors (Lipinski definition) is 4. The molecular formula is C18H24N4. The number of nitrogens with zero attached hydrogens (tertiary/aromatic N) is 3. The lowest BCUT2D eigenvalue weighted by Crippen LogP contribution is -2.49. The Kier molecular flexibility index (Phi) is 5.14. The summed E-state index contributed by atoms with van der Waals surface area (Å²) in [5.74, 6) is 0. The molecule has 4 nitrogen and oxygen atoms in total. The van der Waals surface area contributed by atoms with Crippen molar-refractivity contribution in [3.63, 3.8) is 0 Å². The van der Waals surface area contributed by atoms with Crippen molar-refractivity contribution < 1.29 is 0 Å². The summed E-state index contributed by atoms with van der Waals surface area (Å²) < 4.78 is 0. The molecule has 0 radical (unpaired) electrons. The minimum atomic E-state index is 0.251. The van der Waals surface area contributed by atoms with Gasteiger partial charge in [-0.25, -0.2) is 0 Å². The standard InChI is InChI=1S/C18H24N4/c19-17-9-1-2-10-18(17)22(13-15-7-3-5-11-20-15)14-16-8-4-6-12-21-16/h3-8,11-12,17-18H,1-2,9-10,13-14,19H2. The maximum atomic E-state index is 6.40. The van der Waals surface area contributed by atoms with E-state index in [0.717, 1.165) is 30.9 Å². The van der Waals surface area contributed by atoms with Gasteiger partial charge in [-0.3, -0.25) is 14.9 Å². The van der Waals surface area contributed by atoms with Gasteiger partial charge in [0.05, 0.1) is 11.4 Å². The number of hydrogen-bond donors (Lipinski definition) is 1. The van der Waals surface area contributed by atoms with Crippen LogP contribution in [-0.4, -0.2) is 27.0 Å². The van der Waals surface area contributed by atoms with Crippen LogP contribution < -0.4 is 5.73 Å². The van der Waals surface area contributed by atoms with Gasteiger partial charge in [0.1, 0.15) is 0 Å². The van der Waals surface area contributed by atoms with Crippen LogP contribution in [0.25, 0.3) is 0 Å². The van der Waals surface area contributed by atoms with E-state index in [1.807, 2.05) is 36.7 Å². The maximum Gasteiger partial charge on any atom is 0.0544 e. The first-order valence-electron chi connectivity index (χ1n) is 8.12. The van der Waals surface area contributed by atoms with Crippen LogP contribution in [-0.2, 0) is 13.1 Å². The van der Waals surface area contributed by atoms with Gasteiger partial charge in [0, 0.05) is 37.6 Å². The highest BCUT2D eigenvalue weighted by molar-refractivity contribution is 5.07. The maximum absolute atomic E-state index is 6.40. The van der Waals surface area contributed by atoms with E-state index in [1.54, 1.807) is 0 Å². The SMILES string of the molecule is NC1CCCCC1N(Cc1ccccn1)Cc1ccccn1. The predicted molar refractivity (Wildman–Crippen MR) is 88.0 cm³/mol. The molecule has 0 saturated heterocycles. The van der Waals surface area contributed by atoms with Crippen molar-refractivity contribution >= 4 is 0 Å². The minimum Gasteiger partial charge on any atom is -0.326 e. The zero-order chi connectivity index (χ0) is 15.2. The zero-order valence-electron chi connectivity index (χ0n) is 12.9. The Hall–Kier alpha value is -1.78. The molecule has 2 atom stereocenters. The lowest BCUT2D eigenvalue weighted by Gasteiger charge is -2.38. The van der Waals surface area contributed by atoms with Gasteiger partial charge in [0.2, 0.25) is 0 Å². The first-order valence-corrected chi connectivity index (χ1v) is 8.12. The molecule has 0 spiro atoms. The van der Waals surface area contributed by atoms with E-state index in [2.05, 4.69) is 27.0 Å². The van der Waals surface area contributed by atoms with Gasteiger partial charge in [0.15, 0.2) is 0 Å². The van der Waals surface area contributed by atoms with Crippen molar-refractivity contribution in [2.75, 3.05) is 0 Å². The summed E-state index contributed by atoms with van der Waals surface area (Å²) in [4.78, 5) is 11.4. The number of rotatable bonds is 5. The van der Waals surface area contributed by atoms with Crippen molar-refractivity contribution in [3.05, 3.63) is 60.2 Å². The second-order valence-electron chi connectivity index (χ2n) is 6.06. The highest BCUT2D eigenvalue weighted by Crippen LogP contribution is 2.24. The molecule has 0 aliphatic heterocycles. The molecular weight excluding hydrogens is 272 g/mol. The second-order valence-corrected chi connectivity index (χ2v) is 6.06. The number of aromatic nitrogens is 2. The molecule has 0 bridgehead atoms. The lowest BCUT2D eigenvalue weighted by atomic mass is 9.89. The van der Waals surface area contributed by atoms with Crippen molar-refractivity contribution in [1.29, 1.82) is 0 Å². The topological polar surface area (TPSA) is 55.0 Å². The van der Waals surface area contributed by atoms with Gasteiger partial charge in [-0.15, -0.1) is 0 Å². The van der Waals surface area contributed by atoms with Crippen LogP contribution in [0.1, 0.15) is 37.1 Å². The summed E-state index contributed by atoms with van der Waals surface area (Å²) in [6.45, 7) is 1.66. The second kappa shape index (κ2) is 7.47. The van der Waals surface area contributed by atoms with Crippen molar-refractivity contribution in [2.24, 2.45) is 5.73 Å². The molecule has 4 heteroatoms. The van der Waals surface area contributed by atoms with E-state index in [-0.39, 0.29) is 6.04 Å². The van der Waals surface area contributed by atoms with Crippen LogP contribution >= 0.6 is 0 Å². The first kappa shape index (κ1) is 15.1. The normalized spacial score (nSPS) is 21.9. The molecule has 22 heavy (non-hydrogen) atoms. The first-order chi connectivity index (χ1) is 10.8. The molecule has 1 aliphatic rings. The Bertz CT molecular complexity index is 516. The molecule has 1 fully saturated rings. The van der Waals surface area contributed by atoms with Gasteiger partial charge in [0.25, 0.3) is 0 Å². The Labute approximate surface area is 132 Å². The lowest BCUT2D eigenvalue weighted by molar-refractivity contribution is 0.119. The monoisotopic (exact) mass is 296 g/mol. The molecule has 3 rings (SSSR count). The summed E-state index contributed by atoms with van der Waals surface area (Å²) in [5.41, 5.74) is 8.59. The van der Waals surface area contributed by atoms with Crippen molar-refractivity contribution in [3.8, 4) is 0 Å². The van der Waals surface area contributed by atoms with Crippen molar-refractivity contribution in [1.82, 2.24) is 14.9 Å². The van der Waals surface area contributed by atoms with Gasteiger partial charge >= 0.3 is 0 Å². The van der Waals surface area contributed by atoms with Gasteiger partial charge < -0.3 is 5.73 Å². The average Bonchev–Trinajstić information content (AvgIpc) is 2.57. The Morgan fingerprint density at radius 2 is 1.50 bits per heavy atom. The summed E-state index contributed by atoms with van der Waals surface area (Å²) in [7, 11) is 0. The third-order valence-corrected chi connectivity index (χ3v) is 4.43. The highest BCUT2D eigenvalue weighted by atomic mass is 15.2. The fourth-order valence-corrected chi connectivity index (χ4v) is 3.28. The van der Waals surface area contributed by atoms with Crippen LogP contribution in [0, 0.1) is 0 Å². The Morgan fingerprint density at radius 1 is 0.909 bits per heavy atom. The van der Waals surface area contributed by atoms with Crippen LogP contribution in [0.15, 0.2) is 48.8 Å². The summed E-state index contributed by atoms with van der Waals surface area (Å²) in [6.07, 6.45) is 8.51. The number of nitrogens with two attached hydrogens (primary N) is 1. The Balaban J connectivity index is 1.78. The van der Waals surface area contributed by atoms with Gasteiger partial charge in [-0.2, -0.15) is 0 Å². The van der Waals surface area contributed by atoms with E-state index < -0.39 is 0 Å². The smallest absolute Gasteiger partial charge is 0.0544 e. The van der Waals surface area contributed by atoms with Crippen LogP contribution in [0.3, 0.4) is 0 Å². The summed E-state index contributed by atoms with van der Waals surface area (Å²) in [5, 5.41) is 0. The molecule has 116 valence electrons. The van der Waals surface area contributed by atoms with Crippen LogP contribution in [0.4, 0.5) is 0 Å². The largest absolute Gasteiger partial charge is 0.326 e. The van der Waals surface area contributed by atoms with E-state index in [4.69, 9.17) is 5.73 Å². The van der Waals surface area contributed by atoms with Gasteiger partial charge in [-0.1, -0.05) is 25.0 Å². The fourth-order valence-electron chi connectivity index (χ4n) is 3.28. The quantitative estimate of drug-likeness (QED) is 0.922. The van der Waals surface area contributed by atoms with E-state index in [1.165, 1.54) is 19.3 Å². The minimum absolute atomic E-state index is 0.251. The molecule has 2 unspecified atom stereocenters.